The van der Waals surface area contributed by atoms with E-state index in [2.05, 4.69) is 4.98 Å². The van der Waals surface area contributed by atoms with Crippen molar-refractivity contribution in [3.8, 4) is 0 Å². The average Bonchev–Trinajstić information content (AvgIpc) is 3.33. The SMILES string of the molecule is Nc1c(Cl)cccc1C(=O)N(Cc1ccccn1)C1CC1. The van der Waals surface area contributed by atoms with Gasteiger partial charge < -0.3 is 10.6 Å². The predicted octanol–water partition coefficient (Wildman–Crippen LogP) is 3.12. The van der Waals surface area contributed by atoms with Gasteiger partial charge in [0.2, 0.25) is 0 Å². The van der Waals surface area contributed by atoms with Crippen LogP contribution < -0.4 is 5.73 Å². The maximum Gasteiger partial charge on any atom is 0.256 e. The molecule has 0 unspecified atom stereocenters. The summed E-state index contributed by atoms with van der Waals surface area (Å²) < 4.78 is 0. The summed E-state index contributed by atoms with van der Waals surface area (Å²) in [7, 11) is 0. The van der Waals surface area contributed by atoms with Crippen molar-refractivity contribution in [2.24, 2.45) is 0 Å². The molecule has 21 heavy (non-hydrogen) atoms. The third-order valence-electron chi connectivity index (χ3n) is 3.59. The Morgan fingerprint density at radius 2 is 2.10 bits per heavy atom. The third-order valence-corrected chi connectivity index (χ3v) is 3.92. The van der Waals surface area contributed by atoms with Crippen molar-refractivity contribution in [3.05, 3.63) is 58.9 Å². The topological polar surface area (TPSA) is 59.2 Å². The van der Waals surface area contributed by atoms with Gasteiger partial charge in [0.25, 0.3) is 5.91 Å². The largest absolute Gasteiger partial charge is 0.397 e. The van der Waals surface area contributed by atoms with E-state index < -0.39 is 0 Å². The maximum atomic E-state index is 12.8. The molecule has 1 aromatic carbocycles. The molecule has 1 fully saturated rings. The van der Waals surface area contributed by atoms with Gasteiger partial charge in [-0.15, -0.1) is 0 Å². The summed E-state index contributed by atoms with van der Waals surface area (Å²) >= 11 is 6.01. The van der Waals surface area contributed by atoms with Gasteiger partial charge in [0.1, 0.15) is 0 Å². The zero-order valence-electron chi connectivity index (χ0n) is 11.5. The summed E-state index contributed by atoms with van der Waals surface area (Å²) in [5.41, 5.74) is 7.62. The predicted molar refractivity (Wildman–Crippen MR) is 83.0 cm³/mol. The van der Waals surface area contributed by atoms with Crippen molar-refractivity contribution >= 4 is 23.2 Å². The molecule has 0 atom stereocenters. The lowest BCUT2D eigenvalue weighted by molar-refractivity contribution is 0.0729. The summed E-state index contributed by atoms with van der Waals surface area (Å²) in [5, 5.41) is 0.412. The molecule has 0 saturated heterocycles. The van der Waals surface area contributed by atoms with E-state index in [0.717, 1.165) is 18.5 Å². The van der Waals surface area contributed by atoms with E-state index in [4.69, 9.17) is 17.3 Å². The van der Waals surface area contributed by atoms with Crippen LogP contribution in [0.15, 0.2) is 42.6 Å². The summed E-state index contributed by atoms with van der Waals surface area (Å²) in [6.07, 6.45) is 3.79. The Labute approximate surface area is 128 Å². The van der Waals surface area contributed by atoms with Gasteiger partial charge in [-0.3, -0.25) is 9.78 Å². The fourth-order valence-corrected chi connectivity index (χ4v) is 2.47. The van der Waals surface area contributed by atoms with Crippen molar-refractivity contribution in [1.82, 2.24) is 9.88 Å². The fourth-order valence-electron chi connectivity index (χ4n) is 2.30. The van der Waals surface area contributed by atoms with Crippen LogP contribution in [0.2, 0.25) is 5.02 Å². The van der Waals surface area contributed by atoms with Crippen LogP contribution in [0.25, 0.3) is 0 Å². The first-order valence-electron chi connectivity index (χ1n) is 6.91. The first-order chi connectivity index (χ1) is 10.2. The number of halogens is 1. The minimum absolute atomic E-state index is 0.0804. The highest BCUT2D eigenvalue weighted by Crippen LogP contribution is 2.32. The number of nitrogen functional groups attached to an aromatic ring is 1. The third kappa shape index (κ3) is 3.00. The second-order valence-electron chi connectivity index (χ2n) is 5.19. The number of carbonyl (C=O) groups excluding carboxylic acids is 1. The molecule has 2 aromatic rings. The number of hydrogen-bond donors (Lipinski definition) is 1. The maximum absolute atomic E-state index is 12.8. The number of nitrogens with zero attached hydrogens (tertiary/aromatic N) is 2. The standard InChI is InChI=1S/C16H16ClN3O/c17-14-6-3-5-13(15(14)18)16(21)20(12-7-8-12)10-11-4-1-2-9-19-11/h1-6,9,12H,7-8,10,18H2. The zero-order chi connectivity index (χ0) is 14.8. The normalized spacial score (nSPS) is 14.0. The number of hydrogen-bond acceptors (Lipinski definition) is 3. The molecule has 1 saturated carbocycles. The molecule has 1 amide bonds. The lowest BCUT2D eigenvalue weighted by Crippen LogP contribution is -2.33. The van der Waals surface area contributed by atoms with Gasteiger partial charge in [0, 0.05) is 12.2 Å². The fraction of sp³-hybridized carbons (Fsp3) is 0.250. The Balaban J connectivity index is 1.87. The van der Waals surface area contributed by atoms with E-state index in [1.165, 1.54) is 0 Å². The van der Waals surface area contributed by atoms with Gasteiger partial charge in [0.05, 0.1) is 28.5 Å². The van der Waals surface area contributed by atoms with Gasteiger partial charge in [0.15, 0.2) is 0 Å². The number of para-hydroxylation sites is 1. The molecule has 0 bridgehead atoms. The van der Waals surface area contributed by atoms with Crippen molar-refractivity contribution < 1.29 is 4.79 Å². The first-order valence-corrected chi connectivity index (χ1v) is 7.29. The lowest BCUT2D eigenvalue weighted by Gasteiger charge is -2.23. The van der Waals surface area contributed by atoms with Gasteiger partial charge in [-0.25, -0.2) is 0 Å². The molecule has 0 radical (unpaired) electrons. The monoisotopic (exact) mass is 301 g/mol. The average molecular weight is 302 g/mol. The Kier molecular flexibility index (Phi) is 3.80. The molecule has 0 aliphatic heterocycles. The van der Waals surface area contributed by atoms with Crippen LogP contribution in [0.1, 0.15) is 28.9 Å². The van der Waals surface area contributed by atoms with E-state index in [1.54, 1.807) is 24.4 Å². The van der Waals surface area contributed by atoms with E-state index in [-0.39, 0.29) is 11.9 Å². The number of benzene rings is 1. The quantitative estimate of drug-likeness (QED) is 0.883. The second kappa shape index (κ2) is 5.74. The molecule has 2 N–H and O–H groups in total. The number of aromatic nitrogens is 1. The summed E-state index contributed by atoms with van der Waals surface area (Å²) in [4.78, 5) is 18.9. The van der Waals surface area contributed by atoms with Crippen LogP contribution in [-0.2, 0) is 6.54 Å². The second-order valence-corrected chi connectivity index (χ2v) is 5.59. The van der Waals surface area contributed by atoms with E-state index in [0.29, 0.717) is 22.8 Å². The number of nitrogens with two attached hydrogens (primary N) is 1. The van der Waals surface area contributed by atoms with Gasteiger partial charge in [-0.05, 0) is 37.1 Å². The zero-order valence-corrected chi connectivity index (χ0v) is 12.3. The highest BCUT2D eigenvalue weighted by atomic mass is 35.5. The van der Waals surface area contributed by atoms with Crippen molar-refractivity contribution in [2.75, 3.05) is 5.73 Å². The van der Waals surface area contributed by atoms with Gasteiger partial charge >= 0.3 is 0 Å². The smallest absolute Gasteiger partial charge is 0.256 e. The Morgan fingerprint density at radius 3 is 2.76 bits per heavy atom. The van der Waals surface area contributed by atoms with Crippen LogP contribution in [0.4, 0.5) is 5.69 Å². The Hall–Kier alpha value is -2.07. The summed E-state index contributed by atoms with van der Waals surface area (Å²) in [6, 6.07) is 11.1. The lowest BCUT2D eigenvalue weighted by atomic mass is 10.1. The van der Waals surface area contributed by atoms with E-state index >= 15 is 0 Å². The molecule has 1 aromatic heterocycles. The summed E-state index contributed by atoms with van der Waals surface area (Å²) in [5.74, 6) is -0.0804. The number of carbonyl (C=O) groups is 1. The van der Waals surface area contributed by atoms with E-state index in [9.17, 15) is 4.79 Å². The van der Waals surface area contributed by atoms with E-state index in [1.807, 2.05) is 23.1 Å². The van der Waals surface area contributed by atoms with Crippen LogP contribution >= 0.6 is 11.6 Å². The molecular weight excluding hydrogens is 286 g/mol. The van der Waals surface area contributed by atoms with Gasteiger partial charge in [-0.1, -0.05) is 23.7 Å². The highest BCUT2D eigenvalue weighted by molar-refractivity contribution is 6.33. The van der Waals surface area contributed by atoms with Crippen LogP contribution in [0.5, 0.6) is 0 Å². The molecule has 4 nitrogen and oxygen atoms in total. The molecule has 1 aliphatic rings. The molecule has 3 rings (SSSR count). The Bertz CT molecular complexity index is 656. The highest BCUT2D eigenvalue weighted by Gasteiger charge is 2.34. The Morgan fingerprint density at radius 1 is 1.29 bits per heavy atom. The van der Waals surface area contributed by atoms with Crippen molar-refractivity contribution in [1.29, 1.82) is 0 Å². The minimum Gasteiger partial charge on any atom is -0.397 e. The van der Waals surface area contributed by atoms with Crippen molar-refractivity contribution in [3.63, 3.8) is 0 Å². The number of rotatable bonds is 4. The van der Waals surface area contributed by atoms with Crippen LogP contribution in [-0.4, -0.2) is 21.8 Å². The number of pyridine rings is 1. The number of amides is 1. The number of anilines is 1. The minimum atomic E-state index is -0.0804. The molecule has 0 spiro atoms. The van der Waals surface area contributed by atoms with Gasteiger partial charge in [-0.2, -0.15) is 0 Å². The van der Waals surface area contributed by atoms with Crippen LogP contribution in [0, 0.1) is 0 Å². The first kappa shape index (κ1) is 13.9. The summed E-state index contributed by atoms with van der Waals surface area (Å²) in [6.45, 7) is 0.496. The molecule has 108 valence electrons. The molecule has 5 heteroatoms. The van der Waals surface area contributed by atoms with Crippen LogP contribution in [0.3, 0.4) is 0 Å². The molecule has 1 aliphatic carbocycles. The molecule has 1 heterocycles. The van der Waals surface area contributed by atoms with Crippen molar-refractivity contribution in [2.45, 2.75) is 25.4 Å². The molecular formula is C16H16ClN3O.